The Bertz CT molecular complexity index is 535. The van der Waals surface area contributed by atoms with Gasteiger partial charge in [0.05, 0.1) is 11.1 Å². The molecule has 5 nitrogen and oxygen atoms in total. The summed E-state index contributed by atoms with van der Waals surface area (Å²) in [6, 6.07) is 1.46. The van der Waals surface area contributed by atoms with Crippen LogP contribution in [0.2, 0.25) is 0 Å². The lowest BCUT2D eigenvalue weighted by Gasteiger charge is -2.12. The molecule has 21 heavy (non-hydrogen) atoms. The summed E-state index contributed by atoms with van der Waals surface area (Å²) in [4.78, 5) is 22.3. The first-order chi connectivity index (χ1) is 9.74. The van der Waals surface area contributed by atoms with Crippen LogP contribution < -0.4 is 10.6 Å². The van der Waals surface area contributed by atoms with Gasteiger partial charge in [-0.2, -0.15) is 24.9 Å². The lowest BCUT2D eigenvalue weighted by atomic mass is 10.1. The summed E-state index contributed by atoms with van der Waals surface area (Å²) >= 11 is 1.49. The summed E-state index contributed by atoms with van der Waals surface area (Å²) in [6.45, 7) is 0.345. The molecule has 0 fully saturated rings. The van der Waals surface area contributed by atoms with Crippen molar-refractivity contribution in [2.75, 3.05) is 23.9 Å². The van der Waals surface area contributed by atoms with Crippen LogP contribution in [-0.2, 0) is 6.18 Å². The number of hydrogen-bond acceptors (Lipinski definition) is 3. The quantitative estimate of drug-likeness (QED) is 0.728. The standard InChI is InChI=1S/C12H13F3N2O3S/c1-21-3-2-16-11(20)17-9-5-7(10(18)19)4-8(6-9)12(13,14)15/h4-6H,2-3H2,1H3,(H,18,19)(H2,16,17,20). The van der Waals surface area contributed by atoms with Crippen LogP contribution in [0, 0.1) is 0 Å². The SMILES string of the molecule is CSCCNC(=O)Nc1cc(C(=O)O)cc(C(F)(F)F)c1. The molecule has 0 bridgehead atoms. The fourth-order valence-corrected chi connectivity index (χ4v) is 1.73. The first-order valence-corrected chi connectivity index (χ1v) is 7.13. The highest BCUT2D eigenvalue weighted by molar-refractivity contribution is 7.98. The maximum atomic E-state index is 12.7. The van der Waals surface area contributed by atoms with Gasteiger partial charge in [-0.3, -0.25) is 0 Å². The number of urea groups is 1. The summed E-state index contributed by atoms with van der Waals surface area (Å²) in [5, 5.41) is 13.4. The summed E-state index contributed by atoms with van der Waals surface area (Å²) < 4.78 is 38.0. The number of carbonyl (C=O) groups excluding carboxylic acids is 1. The first-order valence-electron chi connectivity index (χ1n) is 5.73. The number of alkyl halides is 3. The third-order valence-electron chi connectivity index (χ3n) is 2.36. The number of carbonyl (C=O) groups is 2. The van der Waals surface area contributed by atoms with Crippen molar-refractivity contribution in [3.05, 3.63) is 29.3 Å². The summed E-state index contributed by atoms with van der Waals surface area (Å²) in [5.41, 5.74) is -1.92. The molecule has 9 heteroatoms. The highest BCUT2D eigenvalue weighted by atomic mass is 32.2. The number of nitrogens with one attached hydrogen (secondary N) is 2. The van der Waals surface area contributed by atoms with Crippen molar-refractivity contribution in [3.8, 4) is 0 Å². The predicted octanol–water partition coefficient (Wildman–Crippen LogP) is 2.89. The van der Waals surface area contributed by atoms with Crippen LogP contribution in [0.1, 0.15) is 15.9 Å². The normalized spacial score (nSPS) is 11.0. The van der Waals surface area contributed by atoms with Gasteiger partial charge >= 0.3 is 18.2 Å². The van der Waals surface area contributed by atoms with Crippen LogP contribution in [0.4, 0.5) is 23.7 Å². The molecule has 0 unspecified atom stereocenters. The van der Waals surface area contributed by atoms with Gasteiger partial charge in [-0.05, 0) is 24.5 Å². The van der Waals surface area contributed by atoms with Crippen molar-refractivity contribution >= 4 is 29.4 Å². The van der Waals surface area contributed by atoms with Crippen molar-refractivity contribution < 1.29 is 27.9 Å². The number of carboxylic acid groups (broad SMARTS) is 1. The summed E-state index contributed by atoms with van der Waals surface area (Å²) in [6.07, 6.45) is -2.86. The Labute approximate surface area is 122 Å². The maximum Gasteiger partial charge on any atom is 0.416 e. The number of rotatable bonds is 5. The number of halogens is 3. The molecule has 0 atom stereocenters. The van der Waals surface area contributed by atoms with E-state index in [1.54, 1.807) is 0 Å². The van der Waals surface area contributed by atoms with Gasteiger partial charge in [-0.15, -0.1) is 0 Å². The van der Waals surface area contributed by atoms with Gasteiger partial charge in [0, 0.05) is 18.0 Å². The Morgan fingerprint density at radius 3 is 2.48 bits per heavy atom. The lowest BCUT2D eigenvalue weighted by Crippen LogP contribution is -2.30. The zero-order valence-corrected chi connectivity index (χ0v) is 11.8. The molecule has 0 saturated carbocycles. The highest BCUT2D eigenvalue weighted by Gasteiger charge is 2.32. The topological polar surface area (TPSA) is 78.4 Å². The van der Waals surface area contributed by atoms with Crippen LogP contribution in [0.5, 0.6) is 0 Å². The third kappa shape index (κ3) is 5.54. The van der Waals surface area contributed by atoms with Crippen molar-refractivity contribution in [2.24, 2.45) is 0 Å². The minimum Gasteiger partial charge on any atom is -0.478 e. The second kappa shape index (κ2) is 7.21. The zero-order valence-electron chi connectivity index (χ0n) is 11.0. The number of amides is 2. The molecule has 0 heterocycles. The summed E-state index contributed by atoms with van der Waals surface area (Å²) in [7, 11) is 0. The Balaban J connectivity index is 2.93. The van der Waals surface area contributed by atoms with Crippen LogP contribution in [0.3, 0.4) is 0 Å². The molecule has 1 aromatic rings. The number of carboxylic acids is 1. The van der Waals surface area contributed by atoms with E-state index in [1.807, 2.05) is 6.26 Å². The van der Waals surface area contributed by atoms with Crippen molar-refractivity contribution in [1.82, 2.24) is 5.32 Å². The maximum absolute atomic E-state index is 12.7. The molecule has 0 saturated heterocycles. The number of thioether (sulfide) groups is 1. The number of aromatic carboxylic acids is 1. The molecule has 0 aliphatic heterocycles. The Morgan fingerprint density at radius 1 is 1.29 bits per heavy atom. The summed E-state index contributed by atoms with van der Waals surface area (Å²) in [5.74, 6) is -0.858. The van der Waals surface area contributed by atoms with Gasteiger partial charge in [0.1, 0.15) is 0 Å². The van der Waals surface area contributed by atoms with E-state index in [-0.39, 0.29) is 5.69 Å². The smallest absolute Gasteiger partial charge is 0.416 e. The fourth-order valence-electron chi connectivity index (χ4n) is 1.43. The average Bonchev–Trinajstić information content (AvgIpc) is 2.37. The highest BCUT2D eigenvalue weighted by Crippen LogP contribution is 2.32. The van der Waals surface area contributed by atoms with Gasteiger partial charge in [-0.25, -0.2) is 9.59 Å². The van der Waals surface area contributed by atoms with E-state index in [4.69, 9.17) is 5.11 Å². The van der Waals surface area contributed by atoms with Crippen LogP contribution in [-0.4, -0.2) is 35.7 Å². The van der Waals surface area contributed by atoms with Gasteiger partial charge in [0.2, 0.25) is 0 Å². The first kappa shape index (κ1) is 17.2. The molecule has 2 amide bonds. The van der Waals surface area contributed by atoms with Gasteiger partial charge < -0.3 is 15.7 Å². The van der Waals surface area contributed by atoms with Crippen LogP contribution in [0.15, 0.2) is 18.2 Å². The van der Waals surface area contributed by atoms with Crippen molar-refractivity contribution in [2.45, 2.75) is 6.18 Å². The van der Waals surface area contributed by atoms with Gasteiger partial charge in [-0.1, -0.05) is 0 Å². The van der Waals surface area contributed by atoms with Gasteiger partial charge in [0.15, 0.2) is 0 Å². The van der Waals surface area contributed by atoms with Crippen molar-refractivity contribution in [1.29, 1.82) is 0 Å². The van der Waals surface area contributed by atoms with Crippen molar-refractivity contribution in [3.63, 3.8) is 0 Å². The Hall–Kier alpha value is -1.90. The number of benzene rings is 1. The van der Waals surface area contributed by atoms with E-state index in [0.717, 1.165) is 6.07 Å². The van der Waals surface area contributed by atoms with Crippen LogP contribution in [0.25, 0.3) is 0 Å². The number of hydrogen-bond donors (Lipinski definition) is 3. The predicted molar refractivity (Wildman–Crippen MR) is 73.8 cm³/mol. The molecule has 3 N–H and O–H groups in total. The Morgan fingerprint density at radius 2 is 1.95 bits per heavy atom. The molecule has 1 rings (SSSR count). The average molecular weight is 322 g/mol. The minimum absolute atomic E-state index is 0.233. The molecule has 0 aliphatic carbocycles. The number of anilines is 1. The van der Waals surface area contributed by atoms with Crippen LogP contribution >= 0.6 is 11.8 Å². The Kier molecular flexibility index (Phi) is 5.89. The monoisotopic (exact) mass is 322 g/mol. The molecule has 0 spiro atoms. The molecule has 0 aliphatic rings. The van der Waals surface area contributed by atoms with E-state index in [0.29, 0.717) is 24.4 Å². The molecule has 1 aromatic carbocycles. The fraction of sp³-hybridized carbons (Fsp3) is 0.333. The lowest BCUT2D eigenvalue weighted by molar-refractivity contribution is -0.137. The largest absolute Gasteiger partial charge is 0.478 e. The minimum atomic E-state index is -4.70. The zero-order chi connectivity index (χ0) is 16.0. The molecular weight excluding hydrogens is 309 g/mol. The van der Waals surface area contributed by atoms with E-state index in [2.05, 4.69) is 10.6 Å². The molecular formula is C12H13F3N2O3S. The van der Waals surface area contributed by atoms with Gasteiger partial charge in [0.25, 0.3) is 0 Å². The van der Waals surface area contributed by atoms with E-state index in [1.165, 1.54) is 11.8 Å². The van der Waals surface area contributed by atoms with E-state index >= 15 is 0 Å². The third-order valence-corrected chi connectivity index (χ3v) is 2.97. The molecule has 0 radical (unpaired) electrons. The molecule has 0 aromatic heterocycles. The molecule has 116 valence electrons. The van der Waals surface area contributed by atoms with E-state index in [9.17, 15) is 22.8 Å². The second-order valence-electron chi connectivity index (χ2n) is 3.98. The second-order valence-corrected chi connectivity index (χ2v) is 4.96. The van der Waals surface area contributed by atoms with E-state index < -0.39 is 29.3 Å².